The number of nitrogens with zero attached hydrogens (tertiary/aromatic N) is 2. The van der Waals surface area contributed by atoms with Gasteiger partial charge in [-0.1, -0.05) is 59.9 Å². The molecule has 2 rings (SSSR count). The van der Waals surface area contributed by atoms with Gasteiger partial charge in [0.1, 0.15) is 12.6 Å². The van der Waals surface area contributed by atoms with Crippen molar-refractivity contribution >= 4 is 62.3 Å². The molecule has 0 aliphatic carbocycles. The van der Waals surface area contributed by atoms with E-state index in [1.807, 2.05) is 13.8 Å². The van der Waals surface area contributed by atoms with Crippen molar-refractivity contribution in [1.29, 1.82) is 0 Å². The predicted molar refractivity (Wildman–Crippen MR) is 138 cm³/mol. The molecule has 11 heteroatoms. The van der Waals surface area contributed by atoms with Crippen LogP contribution in [0.15, 0.2) is 42.5 Å². The van der Waals surface area contributed by atoms with Gasteiger partial charge in [-0.2, -0.15) is 0 Å². The quantitative estimate of drug-likeness (QED) is 0.464. The van der Waals surface area contributed by atoms with E-state index in [2.05, 4.69) is 5.32 Å². The number of sulfonamides is 1. The van der Waals surface area contributed by atoms with Crippen molar-refractivity contribution in [3.05, 3.63) is 63.1 Å². The molecule has 2 aromatic carbocycles. The van der Waals surface area contributed by atoms with Crippen LogP contribution in [0.1, 0.15) is 32.8 Å². The van der Waals surface area contributed by atoms with Gasteiger partial charge < -0.3 is 10.2 Å². The molecule has 186 valence electrons. The fraction of sp³-hybridized carbons (Fsp3) is 0.391. The molecule has 2 amide bonds. The number of anilines is 1. The Kier molecular flexibility index (Phi) is 10.1. The number of benzene rings is 2. The molecule has 0 spiro atoms. The zero-order valence-corrected chi connectivity index (χ0v) is 22.5. The van der Waals surface area contributed by atoms with Crippen LogP contribution in [-0.4, -0.2) is 50.0 Å². The molecule has 0 saturated heterocycles. The zero-order chi connectivity index (χ0) is 25.6. The van der Waals surface area contributed by atoms with Crippen LogP contribution in [0, 0.1) is 0 Å². The molecular formula is C23H28Cl3N3O4S. The number of nitrogens with one attached hydrogen (secondary N) is 1. The number of hydrogen-bond acceptors (Lipinski definition) is 4. The minimum Gasteiger partial charge on any atom is -0.352 e. The van der Waals surface area contributed by atoms with Crippen LogP contribution in [0.4, 0.5) is 5.69 Å². The lowest BCUT2D eigenvalue weighted by atomic mass is 10.1. The van der Waals surface area contributed by atoms with E-state index in [1.54, 1.807) is 37.3 Å². The van der Waals surface area contributed by atoms with Crippen LogP contribution < -0.4 is 9.62 Å². The first kappa shape index (κ1) is 28.2. The number of rotatable bonds is 10. The van der Waals surface area contributed by atoms with Gasteiger partial charge in [-0.15, -0.1) is 0 Å². The molecule has 0 unspecified atom stereocenters. The highest BCUT2D eigenvalue weighted by Gasteiger charge is 2.32. The number of hydrogen-bond donors (Lipinski definition) is 1. The van der Waals surface area contributed by atoms with Crippen molar-refractivity contribution in [2.24, 2.45) is 0 Å². The lowest BCUT2D eigenvalue weighted by Gasteiger charge is -2.33. The van der Waals surface area contributed by atoms with Gasteiger partial charge in [0.2, 0.25) is 21.8 Å². The summed E-state index contributed by atoms with van der Waals surface area (Å²) in [5.74, 6) is -0.906. The summed E-state index contributed by atoms with van der Waals surface area (Å²) in [5.41, 5.74) is 0.816. The maximum atomic E-state index is 13.6. The second-order valence-electron chi connectivity index (χ2n) is 8.08. The third kappa shape index (κ3) is 7.50. The molecule has 0 fully saturated rings. The van der Waals surface area contributed by atoms with Gasteiger partial charge in [0.15, 0.2) is 0 Å². The molecule has 0 aliphatic heterocycles. The molecule has 7 nitrogen and oxygen atoms in total. The number of carbonyl (C=O) groups is 2. The first-order chi connectivity index (χ1) is 15.8. The second-order valence-corrected chi connectivity index (χ2v) is 11.2. The average Bonchev–Trinajstić information content (AvgIpc) is 2.73. The van der Waals surface area contributed by atoms with E-state index in [0.717, 1.165) is 10.6 Å². The summed E-state index contributed by atoms with van der Waals surface area (Å²) in [6.45, 7) is 4.91. The SMILES string of the molecule is CC[C@@H](C(=O)NC(C)C)N(Cc1ccc(Cl)c(Cl)c1)C(=O)CN(c1ccccc1Cl)S(C)(=O)=O. The lowest BCUT2D eigenvalue weighted by Crippen LogP contribution is -2.53. The molecule has 0 aliphatic rings. The Balaban J connectivity index is 2.48. The number of halogens is 3. The van der Waals surface area contributed by atoms with E-state index in [0.29, 0.717) is 22.0 Å². The average molecular weight is 549 g/mol. The lowest BCUT2D eigenvalue weighted by molar-refractivity contribution is -0.140. The van der Waals surface area contributed by atoms with Gasteiger partial charge in [0, 0.05) is 12.6 Å². The number of para-hydroxylation sites is 1. The molecule has 0 saturated carbocycles. The minimum atomic E-state index is -3.86. The highest BCUT2D eigenvalue weighted by Crippen LogP contribution is 2.28. The molecule has 2 aromatic rings. The predicted octanol–water partition coefficient (Wildman–Crippen LogP) is 4.74. The summed E-state index contributed by atoms with van der Waals surface area (Å²) in [4.78, 5) is 27.9. The van der Waals surface area contributed by atoms with Crippen LogP contribution >= 0.6 is 34.8 Å². The molecule has 1 N–H and O–H groups in total. The van der Waals surface area contributed by atoms with Crippen molar-refractivity contribution in [1.82, 2.24) is 10.2 Å². The normalized spacial score (nSPS) is 12.4. The van der Waals surface area contributed by atoms with Crippen LogP contribution in [0.2, 0.25) is 15.1 Å². The highest BCUT2D eigenvalue weighted by molar-refractivity contribution is 7.92. The van der Waals surface area contributed by atoms with E-state index < -0.39 is 28.5 Å². The van der Waals surface area contributed by atoms with Crippen molar-refractivity contribution in [3.8, 4) is 0 Å². The maximum absolute atomic E-state index is 13.6. The summed E-state index contributed by atoms with van der Waals surface area (Å²) >= 11 is 18.4. The summed E-state index contributed by atoms with van der Waals surface area (Å²) in [5, 5.41) is 3.67. The van der Waals surface area contributed by atoms with Gasteiger partial charge in [-0.25, -0.2) is 8.42 Å². The smallest absolute Gasteiger partial charge is 0.244 e. The van der Waals surface area contributed by atoms with E-state index in [4.69, 9.17) is 34.8 Å². The summed E-state index contributed by atoms with van der Waals surface area (Å²) < 4.78 is 26.1. The van der Waals surface area contributed by atoms with Crippen LogP contribution in [0.5, 0.6) is 0 Å². The van der Waals surface area contributed by atoms with E-state index in [-0.39, 0.29) is 29.2 Å². The largest absolute Gasteiger partial charge is 0.352 e. The second kappa shape index (κ2) is 12.1. The molecule has 0 aromatic heterocycles. The van der Waals surface area contributed by atoms with Gasteiger partial charge in [0.25, 0.3) is 0 Å². The molecule has 0 heterocycles. The molecule has 0 radical (unpaired) electrons. The first-order valence-corrected chi connectivity index (χ1v) is 13.6. The van der Waals surface area contributed by atoms with Gasteiger partial charge in [0.05, 0.1) is 27.0 Å². The Labute approximate surface area is 216 Å². The van der Waals surface area contributed by atoms with Crippen LogP contribution in [0.25, 0.3) is 0 Å². The molecule has 0 bridgehead atoms. The standard InChI is InChI=1S/C23H28Cl3N3O4S/c1-5-20(23(31)27-15(2)3)28(13-16-10-11-17(24)19(26)12-16)22(30)14-29(34(4,32)33)21-9-7-6-8-18(21)25/h6-12,15,20H,5,13-14H2,1-4H3,(H,27,31)/t20-/m0/s1. The van der Waals surface area contributed by atoms with Crippen LogP contribution in [-0.2, 0) is 26.2 Å². The Bertz CT molecular complexity index is 1140. The minimum absolute atomic E-state index is 0.0276. The number of carbonyl (C=O) groups excluding carboxylic acids is 2. The van der Waals surface area contributed by atoms with Crippen molar-refractivity contribution in [2.45, 2.75) is 45.8 Å². The highest BCUT2D eigenvalue weighted by atomic mass is 35.5. The monoisotopic (exact) mass is 547 g/mol. The van der Waals surface area contributed by atoms with Gasteiger partial charge in [-0.3, -0.25) is 13.9 Å². The fourth-order valence-corrected chi connectivity index (χ4v) is 4.85. The summed E-state index contributed by atoms with van der Waals surface area (Å²) in [6, 6.07) is 10.3. The van der Waals surface area contributed by atoms with Crippen molar-refractivity contribution in [3.63, 3.8) is 0 Å². The topological polar surface area (TPSA) is 86.8 Å². The molecular weight excluding hydrogens is 521 g/mol. The Morgan fingerprint density at radius 3 is 2.18 bits per heavy atom. The van der Waals surface area contributed by atoms with Gasteiger partial charge >= 0.3 is 0 Å². The number of amides is 2. The van der Waals surface area contributed by atoms with E-state index in [9.17, 15) is 18.0 Å². The van der Waals surface area contributed by atoms with E-state index in [1.165, 1.54) is 17.0 Å². The van der Waals surface area contributed by atoms with Crippen LogP contribution in [0.3, 0.4) is 0 Å². The fourth-order valence-electron chi connectivity index (χ4n) is 3.38. The maximum Gasteiger partial charge on any atom is 0.244 e. The Morgan fingerprint density at radius 2 is 1.65 bits per heavy atom. The zero-order valence-electron chi connectivity index (χ0n) is 19.4. The van der Waals surface area contributed by atoms with Crippen molar-refractivity contribution in [2.75, 3.05) is 17.1 Å². The Morgan fingerprint density at radius 1 is 1.00 bits per heavy atom. The van der Waals surface area contributed by atoms with Crippen molar-refractivity contribution < 1.29 is 18.0 Å². The Hall–Kier alpha value is -2.00. The third-order valence-corrected chi connectivity index (χ3v) is 7.14. The third-order valence-electron chi connectivity index (χ3n) is 4.95. The van der Waals surface area contributed by atoms with E-state index >= 15 is 0 Å². The molecule has 1 atom stereocenters. The molecule has 34 heavy (non-hydrogen) atoms. The first-order valence-electron chi connectivity index (χ1n) is 10.6. The summed E-state index contributed by atoms with van der Waals surface area (Å²) in [6.07, 6.45) is 1.31. The summed E-state index contributed by atoms with van der Waals surface area (Å²) in [7, 11) is -3.86. The van der Waals surface area contributed by atoms with Gasteiger partial charge in [-0.05, 0) is 50.1 Å².